The van der Waals surface area contributed by atoms with Gasteiger partial charge in [-0.1, -0.05) is 30.3 Å². The highest BCUT2D eigenvalue weighted by atomic mass is 16.6. The second kappa shape index (κ2) is 5.38. The Bertz CT molecular complexity index is 502. The fourth-order valence-electron chi connectivity index (χ4n) is 1.68. The summed E-state index contributed by atoms with van der Waals surface area (Å²) < 4.78 is 4.95. The van der Waals surface area contributed by atoms with Gasteiger partial charge in [0.2, 0.25) is 5.91 Å². The van der Waals surface area contributed by atoms with Gasteiger partial charge < -0.3 is 9.84 Å². The molecule has 100 valence electrons. The van der Waals surface area contributed by atoms with Crippen molar-refractivity contribution in [3.63, 3.8) is 0 Å². The normalized spacial score (nSPS) is 18.0. The average Bonchev–Trinajstić information content (AvgIpc) is 2.79. The smallest absolute Gasteiger partial charge is 0.429 e. The lowest BCUT2D eigenvalue weighted by Crippen LogP contribution is -2.46. The van der Waals surface area contributed by atoms with Gasteiger partial charge >= 0.3 is 12.1 Å². The summed E-state index contributed by atoms with van der Waals surface area (Å²) in [7, 11) is 0. The molecule has 1 heterocycles. The minimum atomic E-state index is -1.25. The van der Waals surface area contributed by atoms with Crippen LogP contribution in [0.15, 0.2) is 30.3 Å². The van der Waals surface area contributed by atoms with E-state index in [0.717, 1.165) is 5.56 Å². The van der Waals surface area contributed by atoms with E-state index in [4.69, 9.17) is 9.84 Å². The van der Waals surface area contributed by atoms with Gasteiger partial charge in [0.25, 0.3) is 0 Å². The number of hydrazine groups is 1. The van der Waals surface area contributed by atoms with E-state index in [1.165, 1.54) is 0 Å². The second-order valence-electron chi connectivity index (χ2n) is 4.00. The number of carbonyl (C=O) groups excluding carboxylic acids is 2. The molecule has 19 heavy (non-hydrogen) atoms. The number of rotatable bonds is 3. The van der Waals surface area contributed by atoms with Crippen molar-refractivity contribution in [2.75, 3.05) is 0 Å². The van der Waals surface area contributed by atoms with Crippen molar-refractivity contribution in [3.8, 4) is 0 Å². The third-order valence-electron chi connectivity index (χ3n) is 2.62. The Kier molecular flexibility index (Phi) is 3.65. The van der Waals surface area contributed by atoms with E-state index in [0.29, 0.717) is 5.01 Å². The van der Waals surface area contributed by atoms with Gasteiger partial charge in [0, 0.05) is 0 Å². The molecular weight excluding hydrogens is 252 g/mol. The number of hydrogen-bond acceptors (Lipinski definition) is 4. The number of ether oxygens (including phenoxy) is 1. The second-order valence-corrected chi connectivity index (χ2v) is 4.00. The lowest BCUT2D eigenvalue weighted by Gasteiger charge is -2.19. The summed E-state index contributed by atoms with van der Waals surface area (Å²) in [6, 6.07) is 7.72. The molecule has 0 aliphatic carbocycles. The first-order valence-corrected chi connectivity index (χ1v) is 5.60. The largest absolute Gasteiger partial charge is 0.480 e. The van der Waals surface area contributed by atoms with Crippen LogP contribution in [0.5, 0.6) is 0 Å². The summed E-state index contributed by atoms with van der Waals surface area (Å²) in [6.45, 7) is 0.0123. The van der Waals surface area contributed by atoms with Crippen LogP contribution in [-0.4, -0.2) is 34.1 Å². The highest BCUT2D eigenvalue weighted by Crippen LogP contribution is 2.12. The summed E-state index contributed by atoms with van der Waals surface area (Å²) in [5.74, 6) is -1.78. The van der Waals surface area contributed by atoms with Crippen LogP contribution in [-0.2, 0) is 20.9 Å². The van der Waals surface area contributed by atoms with E-state index in [1.54, 1.807) is 24.3 Å². The summed E-state index contributed by atoms with van der Waals surface area (Å²) >= 11 is 0. The number of nitrogens with one attached hydrogen (secondary N) is 1. The number of benzene rings is 1. The Morgan fingerprint density at radius 2 is 2.05 bits per heavy atom. The van der Waals surface area contributed by atoms with Crippen LogP contribution in [0.3, 0.4) is 0 Å². The standard InChI is InChI=1S/C12H12N2O5/c15-10-6-9(11(16)17)14(13-10)12(18)19-7-8-4-2-1-3-5-8/h1-5,9H,6-7H2,(H,13,15)(H,16,17). The third kappa shape index (κ3) is 3.01. The first-order chi connectivity index (χ1) is 9.08. The minimum Gasteiger partial charge on any atom is -0.480 e. The lowest BCUT2D eigenvalue weighted by molar-refractivity contribution is -0.142. The predicted molar refractivity (Wildman–Crippen MR) is 62.6 cm³/mol. The van der Waals surface area contributed by atoms with Crippen molar-refractivity contribution in [1.82, 2.24) is 10.4 Å². The fraction of sp³-hybridized carbons (Fsp3) is 0.250. The van der Waals surface area contributed by atoms with E-state index in [9.17, 15) is 14.4 Å². The topological polar surface area (TPSA) is 95.9 Å². The Morgan fingerprint density at radius 1 is 1.37 bits per heavy atom. The molecule has 7 nitrogen and oxygen atoms in total. The molecular formula is C12H12N2O5. The molecule has 2 amide bonds. The molecule has 2 N–H and O–H groups in total. The molecule has 1 aliphatic heterocycles. The number of carboxylic acids is 1. The van der Waals surface area contributed by atoms with Gasteiger partial charge in [-0.25, -0.2) is 14.6 Å². The maximum Gasteiger partial charge on any atom is 0.429 e. The number of nitrogens with zero attached hydrogens (tertiary/aromatic N) is 1. The van der Waals surface area contributed by atoms with Gasteiger partial charge in [0.1, 0.15) is 6.61 Å². The van der Waals surface area contributed by atoms with Crippen molar-refractivity contribution >= 4 is 18.0 Å². The van der Waals surface area contributed by atoms with Crippen molar-refractivity contribution < 1.29 is 24.2 Å². The zero-order valence-electron chi connectivity index (χ0n) is 9.91. The van der Waals surface area contributed by atoms with Crippen molar-refractivity contribution in [1.29, 1.82) is 0 Å². The van der Waals surface area contributed by atoms with Gasteiger partial charge in [-0.05, 0) is 5.56 Å². The van der Waals surface area contributed by atoms with Gasteiger partial charge in [-0.2, -0.15) is 0 Å². The van der Waals surface area contributed by atoms with E-state index in [-0.39, 0.29) is 13.0 Å². The Hall–Kier alpha value is -2.57. The number of carbonyl (C=O) groups is 3. The van der Waals surface area contributed by atoms with Crippen LogP contribution >= 0.6 is 0 Å². The number of aliphatic carboxylic acids is 1. The van der Waals surface area contributed by atoms with Crippen molar-refractivity contribution in [3.05, 3.63) is 35.9 Å². The molecule has 0 saturated carbocycles. The summed E-state index contributed by atoms with van der Waals surface area (Å²) in [4.78, 5) is 33.7. The molecule has 1 unspecified atom stereocenters. The van der Waals surface area contributed by atoms with Crippen LogP contribution in [0.2, 0.25) is 0 Å². The van der Waals surface area contributed by atoms with Crippen molar-refractivity contribution in [2.45, 2.75) is 19.1 Å². The Morgan fingerprint density at radius 3 is 2.68 bits per heavy atom. The third-order valence-corrected chi connectivity index (χ3v) is 2.62. The molecule has 0 radical (unpaired) electrons. The van der Waals surface area contributed by atoms with Gasteiger partial charge in [-0.3, -0.25) is 10.2 Å². The molecule has 0 spiro atoms. The first-order valence-electron chi connectivity index (χ1n) is 5.60. The Balaban J connectivity index is 1.96. The highest BCUT2D eigenvalue weighted by molar-refractivity contribution is 5.91. The Labute approximate surface area is 108 Å². The molecule has 0 bridgehead atoms. The first kappa shape index (κ1) is 12.9. The molecule has 2 rings (SSSR count). The molecule has 1 aromatic rings. The van der Waals surface area contributed by atoms with E-state index in [2.05, 4.69) is 5.43 Å². The number of carboxylic acid groups (broad SMARTS) is 1. The summed E-state index contributed by atoms with van der Waals surface area (Å²) in [5.41, 5.74) is 2.93. The molecule has 0 aromatic heterocycles. The van der Waals surface area contributed by atoms with Crippen LogP contribution in [0.1, 0.15) is 12.0 Å². The number of hydrogen-bond donors (Lipinski definition) is 2. The van der Waals surface area contributed by atoms with Crippen molar-refractivity contribution in [2.24, 2.45) is 0 Å². The van der Waals surface area contributed by atoms with Crippen LogP contribution < -0.4 is 5.43 Å². The van der Waals surface area contributed by atoms with Gasteiger partial charge in [0.05, 0.1) is 6.42 Å². The number of amides is 2. The van der Waals surface area contributed by atoms with Crippen LogP contribution in [0.25, 0.3) is 0 Å². The highest BCUT2D eigenvalue weighted by Gasteiger charge is 2.39. The zero-order chi connectivity index (χ0) is 13.8. The maximum atomic E-state index is 11.7. The zero-order valence-corrected chi connectivity index (χ0v) is 9.91. The van der Waals surface area contributed by atoms with Gasteiger partial charge in [0.15, 0.2) is 6.04 Å². The molecule has 1 saturated heterocycles. The molecule has 1 fully saturated rings. The van der Waals surface area contributed by atoms with E-state index >= 15 is 0 Å². The monoisotopic (exact) mass is 264 g/mol. The minimum absolute atomic E-state index is 0.0123. The van der Waals surface area contributed by atoms with Crippen LogP contribution in [0, 0.1) is 0 Å². The maximum absolute atomic E-state index is 11.7. The summed E-state index contributed by atoms with van der Waals surface area (Å²) in [6.07, 6.45) is -1.16. The van der Waals surface area contributed by atoms with Gasteiger partial charge in [-0.15, -0.1) is 0 Å². The fourth-order valence-corrected chi connectivity index (χ4v) is 1.68. The quantitative estimate of drug-likeness (QED) is 0.829. The average molecular weight is 264 g/mol. The van der Waals surface area contributed by atoms with E-state index in [1.807, 2.05) is 6.07 Å². The SMILES string of the molecule is O=C1CC(C(=O)O)N(C(=O)OCc2ccccc2)N1. The molecule has 1 aromatic carbocycles. The predicted octanol–water partition coefficient (Wildman–Crippen LogP) is 0.513. The summed E-state index contributed by atoms with van der Waals surface area (Å²) in [5, 5.41) is 9.60. The van der Waals surface area contributed by atoms with Crippen LogP contribution in [0.4, 0.5) is 4.79 Å². The molecule has 1 atom stereocenters. The lowest BCUT2D eigenvalue weighted by atomic mass is 10.2. The molecule has 1 aliphatic rings. The van der Waals surface area contributed by atoms with E-state index < -0.39 is 24.0 Å². The molecule has 7 heteroatoms.